The normalized spacial score (nSPS) is 11.9. The predicted molar refractivity (Wildman–Crippen MR) is 89.1 cm³/mol. The third kappa shape index (κ3) is 2.79. The molecule has 0 fully saturated rings. The number of nitrogens with zero attached hydrogens (tertiary/aromatic N) is 2. The monoisotopic (exact) mass is 296 g/mol. The molecule has 3 rings (SSSR count). The highest BCUT2D eigenvalue weighted by Gasteiger charge is 2.10. The van der Waals surface area contributed by atoms with Gasteiger partial charge in [-0.3, -0.25) is 0 Å². The van der Waals surface area contributed by atoms with E-state index in [-0.39, 0.29) is 0 Å². The summed E-state index contributed by atoms with van der Waals surface area (Å²) in [6.07, 6.45) is 0. The summed E-state index contributed by atoms with van der Waals surface area (Å²) in [6, 6.07) is 14.2. The smallest absolute Gasteiger partial charge is 0.177 e. The first-order valence-electron chi connectivity index (χ1n) is 6.66. The third-order valence-corrected chi connectivity index (χ3v) is 4.27. The van der Waals surface area contributed by atoms with E-state index in [0.29, 0.717) is 5.84 Å². The number of rotatable bonds is 2. The average molecular weight is 296 g/mol. The van der Waals surface area contributed by atoms with E-state index in [9.17, 15) is 0 Å². The summed E-state index contributed by atoms with van der Waals surface area (Å²) >= 11 is 1.57. The molecule has 21 heavy (non-hydrogen) atoms. The number of thiazole rings is 1. The van der Waals surface area contributed by atoms with Gasteiger partial charge >= 0.3 is 0 Å². The first-order chi connectivity index (χ1) is 10.2. The quantitative estimate of drug-likeness (QED) is 0.329. The fraction of sp³-hybridized carbons (Fsp3) is 0.125. The molecule has 3 N–H and O–H groups in total. The lowest BCUT2D eigenvalue weighted by Gasteiger charge is -2.05. The number of benzene rings is 2. The third-order valence-electron chi connectivity index (χ3n) is 3.23. The Balaban J connectivity index is 2.08. The molecule has 0 amide bonds. The van der Waals surface area contributed by atoms with Crippen LogP contribution in [0.3, 0.4) is 0 Å². The molecule has 0 aliphatic rings. The van der Waals surface area contributed by atoms with Crippen molar-refractivity contribution in [3.63, 3.8) is 0 Å². The van der Waals surface area contributed by atoms with Crippen LogP contribution >= 0.6 is 11.3 Å². The van der Waals surface area contributed by atoms with Gasteiger partial charge in [-0.2, -0.15) is 0 Å². The Morgan fingerprint density at radius 1 is 1.19 bits per heavy atom. The summed E-state index contributed by atoms with van der Waals surface area (Å²) in [4.78, 5) is 9.21. The maximum atomic E-state index is 5.65. The highest BCUT2D eigenvalue weighted by atomic mass is 32.1. The Kier molecular flexibility index (Phi) is 3.68. The summed E-state index contributed by atoms with van der Waals surface area (Å²) in [5.74, 6) is 6.24. The largest absolute Gasteiger partial charge is 0.306 e. The topological polar surface area (TPSA) is 63.3 Å². The number of aryl methyl sites for hydroxylation is 2. The predicted octanol–water partition coefficient (Wildman–Crippen LogP) is 3.45. The van der Waals surface area contributed by atoms with Crippen LogP contribution in [0.4, 0.5) is 5.69 Å². The number of aliphatic imine (C=N–C) groups is 1. The van der Waals surface area contributed by atoms with E-state index in [2.05, 4.69) is 27.5 Å². The average Bonchev–Trinajstić information content (AvgIpc) is 2.91. The Labute approximate surface area is 127 Å². The van der Waals surface area contributed by atoms with Crippen molar-refractivity contribution in [1.29, 1.82) is 0 Å². The van der Waals surface area contributed by atoms with Crippen LogP contribution in [0.5, 0.6) is 0 Å². The first-order valence-corrected chi connectivity index (χ1v) is 7.47. The minimum atomic E-state index is 0.588. The molecule has 0 radical (unpaired) electrons. The summed E-state index contributed by atoms with van der Waals surface area (Å²) in [6.45, 7) is 4.08. The van der Waals surface area contributed by atoms with Gasteiger partial charge in [0.05, 0.1) is 15.9 Å². The second-order valence-electron chi connectivity index (χ2n) is 4.88. The molecular formula is C16H16N4S. The van der Waals surface area contributed by atoms with Crippen LogP contribution in [-0.2, 0) is 0 Å². The van der Waals surface area contributed by atoms with Gasteiger partial charge in [0.2, 0.25) is 0 Å². The lowest BCUT2D eigenvalue weighted by atomic mass is 10.1. The van der Waals surface area contributed by atoms with E-state index in [4.69, 9.17) is 5.84 Å². The summed E-state index contributed by atoms with van der Waals surface area (Å²) in [5, 5.41) is 0.791. The standard InChI is InChI=1S/C16H16N4S/c1-10-7-8-11(2)13(9-10)18-15(20-17)16-19-12-5-3-4-6-14(12)21-16/h3-9H,17H2,1-2H3,(H,18,20). The Hall–Kier alpha value is -2.24. The van der Waals surface area contributed by atoms with Crippen molar-refractivity contribution in [2.24, 2.45) is 10.8 Å². The van der Waals surface area contributed by atoms with Gasteiger partial charge in [-0.1, -0.05) is 24.3 Å². The van der Waals surface area contributed by atoms with Crippen molar-refractivity contribution in [2.45, 2.75) is 13.8 Å². The van der Waals surface area contributed by atoms with Crippen LogP contribution in [0, 0.1) is 13.8 Å². The Bertz CT molecular complexity index is 787. The van der Waals surface area contributed by atoms with Gasteiger partial charge in [0.1, 0.15) is 0 Å². The molecule has 0 bridgehead atoms. The van der Waals surface area contributed by atoms with Gasteiger partial charge < -0.3 is 5.43 Å². The van der Waals surface area contributed by atoms with Crippen molar-refractivity contribution in [2.75, 3.05) is 0 Å². The highest BCUT2D eigenvalue weighted by molar-refractivity contribution is 7.20. The van der Waals surface area contributed by atoms with Gasteiger partial charge in [0.25, 0.3) is 0 Å². The van der Waals surface area contributed by atoms with Crippen LogP contribution in [-0.4, -0.2) is 10.8 Å². The van der Waals surface area contributed by atoms with Crippen LogP contribution in [0.15, 0.2) is 47.5 Å². The van der Waals surface area contributed by atoms with E-state index in [1.807, 2.05) is 44.2 Å². The fourth-order valence-corrected chi connectivity index (χ4v) is 2.99. The molecule has 5 heteroatoms. The molecule has 0 aliphatic carbocycles. The number of aromatic nitrogens is 1. The highest BCUT2D eigenvalue weighted by Crippen LogP contribution is 2.24. The summed E-state index contributed by atoms with van der Waals surface area (Å²) in [5.41, 5.74) is 6.81. The minimum absolute atomic E-state index is 0.588. The number of hydrogen-bond acceptors (Lipinski definition) is 4. The number of para-hydroxylation sites is 1. The van der Waals surface area contributed by atoms with Crippen LogP contribution in [0.25, 0.3) is 10.2 Å². The fourth-order valence-electron chi connectivity index (χ4n) is 2.08. The van der Waals surface area contributed by atoms with Crippen LogP contribution < -0.4 is 11.3 Å². The number of hydrogen-bond donors (Lipinski definition) is 2. The summed E-state index contributed by atoms with van der Waals surface area (Å²) < 4.78 is 1.12. The van der Waals surface area contributed by atoms with Crippen molar-refractivity contribution >= 4 is 33.1 Å². The molecule has 0 aliphatic heterocycles. The SMILES string of the molecule is Cc1ccc(C)c(N=C(NN)c2nc3ccccc3s2)c1. The molecule has 0 unspecified atom stereocenters. The maximum Gasteiger partial charge on any atom is 0.177 e. The van der Waals surface area contributed by atoms with E-state index in [0.717, 1.165) is 26.5 Å². The van der Waals surface area contributed by atoms with Gasteiger partial charge in [0.15, 0.2) is 10.8 Å². The second-order valence-corrected chi connectivity index (χ2v) is 5.91. The van der Waals surface area contributed by atoms with E-state index in [1.54, 1.807) is 11.3 Å². The van der Waals surface area contributed by atoms with Gasteiger partial charge in [-0.25, -0.2) is 15.8 Å². The van der Waals surface area contributed by atoms with E-state index in [1.165, 1.54) is 5.56 Å². The molecule has 106 valence electrons. The lowest BCUT2D eigenvalue weighted by molar-refractivity contribution is 1.02. The van der Waals surface area contributed by atoms with Gasteiger partial charge in [-0.05, 0) is 43.2 Å². The van der Waals surface area contributed by atoms with Crippen LogP contribution in [0.1, 0.15) is 16.1 Å². The molecule has 2 aromatic carbocycles. The van der Waals surface area contributed by atoms with Gasteiger partial charge in [0, 0.05) is 0 Å². The Morgan fingerprint density at radius 2 is 2.00 bits per heavy atom. The zero-order valence-corrected chi connectivity index (χ0v) is 12.7. The zero-order valence-electron chi connectivity index (χ0n) is 11.9. The maximum absolute atomic E-state index is 5.65. The number of nitrogens with two attached hydrogens (primary N) is 1. The molecule has 3 aromatic rings. The molecule has 1 heterocycles. The molecule has 1 aromatic heterocycles. The molecular weight excluding hydrogens is 280 g/mol. The minimum Gasteiger partial charge on any atom is -0.306 e. The number of fused-ring (bicyclic) bond motifs is 1. The molecule has 0 saturated heterocycles. The number of hydrazine groups is 1. The second kappa shape index (κ2) is 5.63. The van der Waals surface area contributed by atoms with Crippen molar-refractivity contribution in [3.8, 4) is 0 Å². The van der Waals surface area contributed by atoms with Crippen molar-refractivity contribution in [3.05, 3.63) is 58.6 Å². The number of nitrogens with one attached hydrogen (secondary N) is 1. The number of amidine groups is 1. The Morgan fingerprint density at radius 3 is 2.76 bits per heavy atom. The zero-order chi connectivity index (χ0) is 14.8. The summed E-state index contributed by atoms with van der Waals surface area (Å²) in [7, 11) is 0. The van der Waals surface area contributed by atoms with E-state index < -0.39 is 0 Å². The molecule has 0 atom stereocenters. The van der Waals surface area contributed by atoms with Gasteiger partial charge in [-0.15, -0.1) is 11.3 Å². The molecule has 0 saturated carbocycles. The van der Waals surface area contributed by atoms with Crippen LogP contribution in [0.2, 0.25) is 0 Å². The van der Waals surface area contributed by atoms with E-state index >= 15 is 0 Å². The van der Waals surface area contributed by atoms with Crippen molar-refractivity contribution < 1.29 is 0 Å². The lowest BCUT2D eigenvalue weighted by Crippen LogP contribution is -2.30. The van der Waals surface area contributed by atoms with Crippen molar-refractivity contribution in [1.82, 2.24) is 10.4 Å². The first kappa shape index (κ1) is 13.7. The molecule has 4 nitrogen and oxygen atoms in total. The molecule has 0 spiro atoms.